The molecular formula is C13F26O. The van der Waals surface area contributed by atoms with Crippen molar-refractivity contribution in [2.75, 3.05) is 0 Å². The van der Waals surface area contributed by atoms with E-state index in [4.69, 9.17) is 0 Å². The molecule has 0 aromatic carbocycles. The lowest BCUT2D eigenvalue weighted by molar-refractivity contribution is -0.476. The van der Waals surface area contributed by atoms with E-state index in [9.17, 15) is 114 Å². The third kappa shape index (κ3) is 3.68. The van der Waals surface area contributed by atoms with E-state index < -0.39 is 77.4 Å². The van der Waals surface area contributed by atoms with Crippen LogP contribution >= 0.6 is 0 Å². The standard InChI is InChI=1S/C13F26O/c14-1(15,3(18,19)5(22,23)7(26,27)9(30,31)12(34,35)36)2(16,17)4(20,21)6(24,25)8(28,29)10(32)11(33,40-10)13(37,38)39. The summed E-state index contributed by atoms with van der Waals surface area (Å²) in [6.45, 7) is 0. The first-order valence-corrected chi connectivity index (χ1v) is 8.32. The van der Waals surface area contributed by atoms with Crippen molar-refractivity contribution in [2.45, 2.75) is 77.4 Å². The fourth-order valence-corrected chi connectivity index (χ4v) is 2.43. The molecule has 0 radical (unpaired) electrons. The Morgan fingerprint density at radius 3 is 0.725 bits per heavy atom. The topological polar surface area (TPSA) is 12.5 Å². The molecule has 0 spiro atoms. The van der Waals surface area contributed by atoms with Crippen LogP contribution in [0.1, 0.15) is 0 Å². The SMILES string of the molecule is FC(F)(F)C(F)(F)C(F)(F)C(F)(F)C(F)(F)C(F)(F)C(F)(F)C(F)(F)C(F)(F)C(F)(F)C1(F)OC1(F)C(F)(F)F. The fraction of sp³-hybridized carbons (Fsp3) is 1.00. The molecule has 0 aliphatic carbocycles. The molecule has 1 aliphatic heterocycles. The summed E-state index contributed by atoms with van der Waals surface area (Å²) in [5.74, 6) is -97.1. The molecule has 0 aromatic heterocycles. The van der Waals surface area contributed by atoms with Crippen LogP contribution in [0.3, 0.4) is 0 Å². The van der Waals surface area contributed by atoms with Gasteiger partial charge in [-0.05, 0) is 0 Å². The number of hydrogen-bond acceptors (Lipinski definition) is 1. The van der Waals surface area contributed by atoms with Crippen LogP contribution in [-0.2, 0) is 4.74 Å². The van der Waals surface area contributed by atoms with Crippen LogP contribution in [0.2, 0.25) is 0 Å². The van der Waals surface area contributed by atoms with Gasteiger partial charge < -0.3 is 0 Å². The van der Waals surface area contributed by atoms with Gasteiger partial charge in [-0.1, -0.05) is 0 Å². The van der Waals surface area contributed by atoms with Gasteiger partial charge in [0.05, 0.1) is 0 Å². The van der Waals surface area contributed by atoms with Crippen molar-refractivity contribution in [1.29, 1.82) is 0 Å². The van der Waals surface area contributed by atoms with Gasteiger partial charge in [0.25, 0.3) is 0 Å². The highest BCUT2D eigenvalue weighted by Crippen LogP contribution is 2.72. The Labute approximate surface area is 198 Å². The van der Waals surface area contributed by atoms with Crippen molar-refractivity contribution in [3.8, 4) is 0 Å². The van der Waals surface area contributed by atoms with Gasteiger partial charge in [0.1, 0.15) is 0 Å². The van der Waals surface area contributed by atoms with Crippen LogP contribution in [0.25, 0.3) is 0 Å². The number of hydrogen-bond donors (Lipinski definition) is 0. The van der Waals surface area contributed by atoms with E-state index in [0.717, 1.165) is 0 Å². The fourth-order valence-electron chi connectivity index (χ4n) is 2.43. The second kappa shape index (κ2) is 8.15. The molecule has 2 unspecified atom stereocenters. The summed E-state index contributed by atoms with van der Waals surface area (Å²) in [4.78, 5) is 0. The molecule has 0 N–H and O–H groups in total. The predicted octanol–water partition coefficient (Wildman–Crippen LogP) is 8.19. The second-order valence-electron chi connectivity index (χ2n) is 7.46. The highest BCUT2D eigenvalue weighted by atomic mass is 19.4. The first kappa shape index (κ1) is 36.2. The van der Waals surface area contributed by atoms with Gasteiger partial charge in [-0.25, -0.2) is 0 Å². The first-order chi connectivity index (χ1) is 16.7. The normalized spacial score (nSPS) is 25.4. The van der Waals surface area contributed by atoms with E-state index in [1.54, 1.807) is 0 Å². The van der Waals surface area contributed by atoms with Crippen molar-refractivity contribution in [3.63, 3.8) is 0 Å². The molecule has 27 heteroatoms. The molecule has 1 fully saturated rings. The lowest BCUT2D eigenvalue weighted by atomic mass is 9.85. The summed E-state index contributed by atoms with van der Waals surface area (Å²) < 4.78 is 340. The minimum atomic E-state index is -9.59. The van der Waals surface area contributed by atoms with E-state index in [-0.39, 0.29) is 0 Å². The van der Waals surface area contributed by atoms with E-state index in [1.807, 2.05) is 4.74 Å². The summed E-state index contributed by atoms with van der Waals surface area (Å²) >= 11 is 0. The van der Waals surface area contributed by atoms with Crippen molar-refractivity contribution in [1.82, 2.24) is 0 Å². The Kier molecular flexibility index (Phi) is 7.37. The monoisotopic (exact) mass is 666 g/mol. The van der Waals surface area contributed by atoms with Gasteiger partial charge in [-0.15, -0.1) is 0 Å². The maximum atomic E-state index is 13.5. The Morgan fingerprint density at radius 2 is 0.525 bits per heavy atom. The van der Waals surface area contributed by atoms with E-state index in [2.05, 4.69) is 0 Å². The first-order valence-electron chi connectivity index (χ1n) is 8.32. The maximum absolute atomic E-state index is 13.5. The Hall–Kier alpha value is -1.86. The summed E-state index contributed by atoms with van der Waals surface area (Å²) in [5.41, 5.74) is 0. The third-order valence-electron chi connectivity index (χ3n) is 4.93. The Balaban J connectivity index is 3.83. The molecule has 1 aliphatic rings. The maximum Gasteiger partial charge on any atom is 0.460 e. The van der Waals surface area contributed by atoms with E-state index in [1.165, 1.54) is 0 Å². The highest BCUT2D eigenvalue weighted by Gasteiger charge is 3.04. The molecular weight excluding hydrogens is 666 g/mol. The molecule has 0 amide bonds. The summed E-state index contributed by atoms with van der Waals surface area (Å²) in [6, 6.07) is 0. The van der Waals surface area contributed by atoms with Crippen molar-refractivity contribution in [3.05, 3.63) is 0 Å². The molecule has 0 saturated carbocycles. The minimum Gasteiger partial charge on any atom is -0.286 e. The Morgan fingerprint density at radius 1 is 0.300 bits per heavy atom. The molecule has 1 rings (SSSR count). The number of alkyl halides is 26. The molecule has 40 heavy (non-hydrogen) atoms. The zero-order valence-electron chi connectivity index (χ0n) is 16.7. The summed E-state index contributed by atoms with van der Waals surface area (Å²) in [6.07, 6.45) is -15.5. The predicted molar refractivity (Wildman–Crippen MR) is 65.4 cm³/mol. The molecule has 0 bridgehead atoms. The second-order valence-corrected chi connectivity index (χ2v) is 7.46. The number of rotatable bonds is 9. The van der Waals surface area contributed by atoms with Crippen LogP contribution in [0, 0.1) is 0 Å². The van der Waals surface area contributed by atoms with E-state index >= 15 is 0 Å². The van der Waals surface area contributed by atoms with Crippen LogP contribution < -0.4 is 0 Å². The van der Waals surface area contributed by atoms with Gasteiger partial charge in [-0.2, -0.15) is 114 Å². The van der Waals surface area contributed by atoms with Crippen molar-refractivity contribution >= 4 is 0 Å². The molecule has 2 atom stereocenters. The molecule has 1 saturated heterocycles. The largest absolute Gasteiger partial charge is 0.460 e. The van der Waals surface area contributed by atoms with Gasteiger partial charge in [0.2, 0.25) is 0 Å². The Bertz CT molecular complexity index is 984. The molecule has 1 heterocycles. The quantitative estimate of drug-likeness (QED) is 0.179. The van der Waals surface area contributed by atoms with Crippen molar-refractivity contribution in [2.24, 2.45) is 0 Å². The smallest absolute Gasteiger partial charge is 0.286 e. The average molecular weight is 666 g/mol. The lowest BCUT2D eigenvalue weighted by Crippen LogP contribution is -2.77. The number of ether oxygens (including phenoxy) is 1. The van der Waals surface area contributed by atoms with Gasteiger partial charge in [0, 0.05) is 0 Å². The van der Waals surface area contributed by atoms with Gasteiger partial charge >= 0.3 is 77.4 Å². The minimum absolute atomic E-state index is 1.83. The molecule has 240 valence electrons. The van der Waals surface area contributed by atoms with Crippen LogP contribution in [0.15, 0.2) is 0 Å². The summed E-state index contributed by atoms with van der Waals surface area (Å²) in [5, 5.41) is 0. The zero-order chi connectivity index (χ0) is 33.2. The van der Waals surface area contributed by atoms with Crippen LogP contribution in [0.5, 0.6) is 0 Å². The number of epoxide rings is 1. The lowest BCUT2D eigenvalue weighted by Gasteiger charge is -2.44. The average Bonchev–Trinajstić information content (AvgIpc) is 3.30. The van der Waals surface area contributed by atoms with Gasteiger partial charge in [-0.3, -0.25) is 4.74 Å². The van der Waals surface area contributed by atoms with Crippen LogP contribution in [0.4, 0.5) is 114 Å². The third-order valence-corrected chi connectivity index (χ3v) is 4.93. The van der Waals surface area contributed by atoms with Gasteiger partial charge in [0.15, 0.2) is 0 Å². The summed E-state index contributed by atoms with van der Waals surface area (Å²) in [7, 11) is 0. The molecule has 1 nitrogen and oxygen atoms in total. The molecule has 0 aromatic rings. The van der Waals surface area contributed by atoms with E-state index in [0.29, 0.717) is 0 Å². The highest BCUT2D eigenvalue weighted by molar-refractivity contribution is 5.23. The number of halogens is 26. The van der Waals surface area contributed by atoms with Crippen LogP contribution in [-0.4, -0.2) is 77.4 Å². The zero-order valence-corrected chi connectivity index (χ0v) is 16.7. The van der Waals surface area contributed by atoms with Crippen molar-refractivity contribution < 1.29 is 119 Å².